The molecule has 6 nitrogen and oxygen atoms in total. The molecule has 0 spiro atoms. The number of hydrogen-bond acceptors (Lipinski definition) is 4. The predicted octanol–water partition coefficient (Wildman–Crippen LogP) is 0.615. The van der Waals surface area contributed by atoms with Crippen molar-refractivity contribution in [2.45, 2.75) is 32.6 Å². The van der Waals surface area contributed by atoms with Gasteiger partial charge >= 0.3 is 0 Å². The smallest absolute Gasteiger partial charge is 0.122 e. The van der Waals surface area contributed by atoms with E-state index in [-0.39, 0.29) is 6.04 Å². The summed E-state index contributed by atoms with van der Waals surface area (Å²) in [6, 6.07) is 0.216. The molecule has 0 bridgehead atoms. The molecule has 1 atom stereocenters. The Morgan fingerprint density at radius 3 is 3.11 bits per heavy atom. The minimum atomic E-state index is 0.216. The van der Waals surface area contributed by atoms with Gasteiger partial charge in [-0.1, -0.05) is 0 Å². The van der Waals surface area contributed by atoms with Crippen molar-refractivity contribution in [1.29, 1.82) is 0 Å². The fourth-order valence-electron chi connectivity index (χ4n) is 2.79. The van der Waals surface area contributed by atoms with Crippen molar-refractivity contribution in [3.05, 3.63) is 36.4 Å². The van der Waals surface area contributed by atoms with E-state index in [2.05, 4.69) is 30.9 Å². The van der Waals surface area contributed by atoms with Crippen molar-refractivity contribution in [3.8, 4) is 0 Å². The molecular weight excluding hydrogens is 240 g/mol. The van der Waals surface area contributed by atoms with Crippen LogP contribution in [0.1, 0.15) is 24.5 Å². The first-order valence-electron chi connectivity index (χ1n) is 6.77. The molecule has 6 heteroatoms. The molecule has 2 aromatic heterocycles. The molecule has 3 heterocycles. The maximum Gasteiger partial charge on any atom is 0.122 e. The van der Waals surface area contributed by atoms with Crippen molar-refractivity contribution in [2.24, 2.45) is 5.73 Å². The summed E-state index contributed by atoms with van der Waals surface area (Å²) in [5.74, 6) is 1.12. The second-order valence-corrected chi connectivity index (χ2v) is 4.86. The van der Waals surface area contributed by atoms with E-state index >= 15 is 0 Å². The highest BCUT2D eigenvalue weighted by Crippen LogP contribution is 2.23. The van der Waals surface area contributed by atoms with E-state index in [4.69, 9.17) is 5.73 Å². The van der Waals surface area contributed by atoms with Crippen molar-refractivity contribution in [1.82, 2.24) is 24.0 Å². The molecule has 1 aliphatic heterocycles. The minimum Gasteiger partial charge on any atom is -0.333 e. The lowest BCUT2D eigenvalue weighted by Gasteiger charge is -2.34. The van der Waals surface area contributed by atoms with Gasteiger partial charge in [-0.3, -0.25) is 4.90 Å². The first-order chi connectivity index (χ1) is 9.33. The average molecular weight is 260 g/mol. The Bertz CT molecular complexity index is 543. The van der Waals surface area contributed by atoms with E-state index in [0.29, 0.717) is 6.54 Å². The highest BCUT2D eigenvalue weighted by Gasteiger charge is 2.26. The zero-order valence-corrected chi connectivity index (χ0v) is 11.2. The number of fused-ring (bicyclic) bond motifs is 1. The average Bonchev–Trinajstić information content (AvgIpc) is 3.07. The van der Waals surface area contributed by atoms with Crippen molar-refractivity contribution < 1.29 is 0 Å². The number of aromatic nitrogens is 4. The molecule has 102 valence electrons. The molecule has 1 aliphatic rings. The monoisotopic (exact) mass is 260 g/mol. The number of rotatable bonds is 4. The van der Waals surface area contributed by atoms with Crippen LogP contribution in [0.3, 0.4) is 0 Å². The lowest BCUT2D eigenvalue weighted by atomic mass is 10.1. The lowest BCUT2D eigenvalue weighted by molar-refractivity contribution is 0.151. The third kappa shape index (κ3) is 2.17. The molecule has 0 fully saturated rings. The molecule has 0 amide bonds. The number of nitrogens with two attached hydrogens (primary N) is 1. The van der Waals surface area contributed by atoms with Crippen molar-refractivity contribution >= 4 is 0 Å². The molecule has 1 unspecified atom stereocenters. The van der Waals surface area contributed by atoms with E-state index in [0.717, 1.165) is 32.0 Å². The van der Waals surface area contributed by atoms with Gasteiger partial charge in [0.2, 0.25) is 0 Å². The summed E-state index contributed by atoms with van der Waals surface area (Å²) >= 11 is 0. The summed E-state index contributed by atoms with van der Waals surface area (Å²) < 4.78 is 4.37. The van der Waals surface area contributed by atoms with Crippen LogP contribution < -0.4 is 5.73 Å². The first kappa shape index (κ1) is 12.4. The SMILES string of the molecule is CCn1cncc1C(CN)N1CCn2ccnc2C1. The quantitative estimate of drug-likeness (QED) is 0.875. The van der Waals surface area contributed by atoms with Gasteiger partial charge in [-0.05, 0) is 6.92 Å². The lowest BCUT2D eigenvalue weighted by Crippen LogP contribution is -2.40. The van der Waals surface area contributed by atoms with E-state index in [1.54, 1.807) is 0 Å². The van der Waals surface area contributed by atoms with Crippen LogP contribution in [0.4, 0.5) is 0 Å². The molecule has 0 saturated carbocycles. The highest BCUT2D eigenvalue weighted by molar-refractivity contribution is 5.08. The third-order valence-corrected chi connectivity index (χ3v) is 3.86. The molecule has 0 saturated heterocycles. The zero-order valence-electron chi connectivity index (χ0n) is 11.2. The number of aryl methyl sites for hydroxylation is 1. The normalized spacial score (nSPS) is 17.4. The molecule has 2 N–H and O–H groups in total. The summed E-state index contributed by atoms with van der Waals surface area (Å²) in [6.07, 6.45) is 7.72. The summed E-state index contributed by atoms with van der Waals surface area (Å²) in [4.78, 5) is 11.1. The summed E-state index contributed by atoms with van der Waals surface area (Å²) in [5.41, 5.74) is 7.20. The van der Waals surface area contributed by atoms with Crippen LogP contribution in [0.15, 0.2) is 24.9 Å². The summed E-state index contributed by atoms with van der Waals surface area (Å²) in [7, 11) is 0. The molecule has 19 heavy (non-hydrogen) atoms. The molecule has 0 aliphatic carbocycles. The van der Waals surface area contributed by atoms with E-state index in [1.807, 2.05) is 24.9 Å². The zero-order chi connectivity index (χ0) is 13.2. The molecule has 0 aromatic carbocycles. The second-order valence-electron chi connectivity index (χ2n) is 4.86. The Labute approximate surface area is 112 Å². The number of nitrogens with zero attached hydrogens (tertiary/aromatic N) is 5. The van der Waals surface area contributed by atoms with E-state index in [9.17, 15) is 0 Å². The van der Waals surface area contributed by atoms with Gasteiger partial charge in [-0.25, -0.2) is 9.97 Å². The van der Waals surface area contributed by atoms with Gasteiger partial charge in [-0.2, -0.15) is 0 Å². The van der Waals surface area contributed by atoms with Crippen LogP contribution in [-0.2, 0) is 19.6 Å². The molecule has 2 aromatic rings. The van der Waals surface area contributed by atoms with Crippen LogP contribution in [0, 0.1) is 0 Å². The van der Waals surface area contributed by atoms with Crippen LogP contribution in [0.2, 0.25) is 0 Å². The minimum absolute atomic E-state index is 0.216. The van der Waals surface area contributed by atoms with Gasteiger partial charge in [0.05, 0.1) is 24.6 Å². The van der Waals surface area contributed by atoms with Crippen molar-refractivity contribution in [2.75, 3.05) is 13.1 Å². The van der Waals surface area contributed by atoms with Gasteiger partial charge in [0.1, 0.15) is 5.82 Å². The maximum absolute atomic E-state index is 6.00. The molecule has 0 radical (unpaired) electrons. The van der Waals surface area contributed by atoms with Gasteiger partial charge in [0.25, 0.3) is 0 Å². The van der Waals surface area contributed by atoms with E-state index < -0.39 is 0 Å². The fraction of sp³-hybridized carbons (Fsp3) is 0.538. The Morgan fingerprint density at radius 1 is 1.42 bits per heavy atom. The van der Waals surface area contributed by atoms with Gasteiger partial charge < -0.3 is 14.9 Å². The number of imidazole rings is 2. The topological polar surface area (TPSA) is 64.9 Å². The Kier molecular flexibility index (Phi) is 3.35. The van der Waals surface area contributed by atoms with Crippen LogP contribution >= 0.6 is 0 Å². The Balaban J connectivity index is 1.84. The largest absolute Gasteiger partial charge is 0.333 e. The first-order valence-corrected chi connectivity index (χ1v) is 6.77. The highest BCUT2D eigenvalue weighted by atomic mass is 15.3. The Morgan fingerprint density at radius 2 is 2.32 bits per heavy atom. The maximum atomic E-state index is 6.00. The predicted molar refractivity (Wildman–Crippen MR) is 72.3 cm³/mol. The second kappa shape index (κ2) is 5.14. The fourth-order valence-corrected chi connectivity index (χ4v) is 2.79. The summed E-state index contributed by atoms with van der Waals surface area (Å²) in [6.45, 7) is 6.48. The van der Waals surface area contributed by atoms with Gasteiger partial charge in [0.15, 0.2) is 0 Å². The molecular formula is C13H20N6. The Hall–Kier alpha value is -1.66. The standard InChI is InChI=1S/C13H20N6/c1-2-17-10-15-8-12(17)11(7-14)19-6-5-18-4-3-16-13(18)9-19/h3-4,8,10-11H,2,5-7,9,14H2,1H3. The van der Waals surface area contributed by atoms with Crippen molar-refractivity contribution in [3.63, 3.8) is 0 Å². The number of hydrogen-bond donors (Lipinski definition) is 1. The van der Waals surface area contributed by atoms with Gasteiger partial charge in [-0.15, -0.1) is 0 Å². The molecule has 3 rings (SSSR count). The van der Waals surface area contributed by atoms with Crippen LogP contribution in [-0.4, -0.2) is 37.1 Å². The van der Waals surface area contributed by atoms with Crippen LogP contribution in [0.25, 0.3) is 0 Å². The van der Waals surface area contributed by atoms with Gasteiger partial charge in [0, 0.05) is 44.8 Å². The van der Waals surface area contributed by atoms with E-state index in [1.165, 1.54) is 5.69 Å². The summed E-state index contributed by atoms with van der Waals surface area (Å²) in [5, 5.41) is 0. The van der Waals surface area contributed by atoms with Crippen LogP contribution in [0.5, 0.6) is 0 Å². The third-order valence-electron chi connectivity index (χ3n) is 3.86.